The number of hydrogen-bond donors (Lipinski definition) is 0. The molecule has 126 valence electrons. The first-order valence-electron chi connectivity index (χ1n) is 8.35. The summed E-state index contributed by atoms with van der Waals surface area (Å²) in [7, 11) is 1.70. The topological polar surface area (TPSA) is 68.5 Å². The lowest BCUT2D eigenvalue weighted by Gasteiger charge is -2.38. The Kier molecular flexibility index (Phi) is 3.84. The molecular weight excluding hydrogens is 306 g/mol. The molecule has 0 radical (unpaired) electrons. The number of ether oxygens (including phenoxy) is 1. The minimum absolute atomic E-state index is 0.0991. The van der Waals surface area contributed by atoms with E-state index in [1.54, 1.807) is 7.11 Å². The number of carbonyl (C=O) groups excluding carboxylic acids is 1. The van der Waals surface area contributed by atoms with Gasteiger partial charge in [0.25, 0.3) is 0 Å². The monoisotopic (exact) mass is 327 g/mol. The van der Waals surface area contributed by atoms with E-state index in [4.69, 9.17) is 9.26 Å². The minimum Gasteiger partial charge on any atom is -0.384 e. The highest BCUT2D eigenvalue weighted by Crippen LogP contribution is 2.49. The average Bonchev–Trinajstić information content (AvgIpc) is 3.11. The third-order valence-electron chi connectivity index (χ3n) is 4.99. The molecule has 6 nitrogen and oxygen atoms in total. The van der Waals surface area contributed by atoms with Crippen molar-refractivity contribution in [3.63, 3.8) is 0 Å². The third kappa shape index (κ3) is 2.94. The Bertz CT molecular complexity index is 718. The van der Waals surface area contributed by atoms with E-state index < -0.39 is 0 Å². The fourth-order valence-electron chi connectivity index (χ4n) is 3.23. The maximum Gasteiger partial charge on any atom is 0.233 e. The number of rotatable bonds is 6. The summed E-state index contributed by atoms with van der Waals surface area (Å²) in [5, 5.41) is 4.05. The lowest BCUT2D eigenvalue weighted by Crippen LogP contribution is -2.49. The van der Waals surface area contributed by atoms with Crippen LogP contribution in [0.1, 0.15) is 31.1 Å². The Morgan fingerprint density at radius 3 is 2.75 bits per heavy atom. The first-order chi connectivity index (χ1) is 11.7. The SMILES string of the molecule is COCC1(CC(=O)N2CC(c3nc(-c4ccccc4)no3)C2)CC1. The molecule has 0 atom stereocenters. The Balaban J connectivity index is 1.33. The van der Waals surface area contributed by atoms with E-state index in [0.717, 1.165) is 18.4 Å². The number of amides is 1. The molecule has 6 heteroatoms. The van der Waals surface area contributed by atoms with Gasteiger partial charge in [0.1, 0.15) is 0 Å². The number of carbonyl (C=O) groups is 1. The second-order valence-corrected chi connectivity index (χ2v) is 6.93. The van der Waals surface area contributed by atoms with Gasteiger partial charge in [-0.1, -0.05) is 35.5 Å². The van der Waals surface area contributed by atoms with Crippen molar-refractivity contribution in [3.05, 3.63) is 36.2 Å². The van der Waals surface area contributed by atoms with Gasteiger partial charge in [0.05, 0.1) is 12.5 Å². The van der Waals surface area contributed by atoms with Gasteiger partial charge < -0.3 is 14.2 Å². The third-order valence-corrected chi connectivity index (χ3v) is 4.99. The van der Waals surface area contributed by atoms with Crippen LogP contribution in [0.2, 0.25) is 0 Å². The summed E-state index contributed by atoms with van der Waals surface area (Å²) in [6, 6.07) is 9.76. The molecular formula is C18H21N3O3. The lowest BCUT2D eigenvalue weighted by atomic mass is 9.96. The number of methoxy groups -OCH3 is 1. The van der Waals surface area contributed by atoms with Crippen LogP contribution in [0.4, 0.5) is 0 Å². The highest BCUT2D eigenvalue weighted by atomic mass is 16.5. The summed E-state index contributed by atoms with van der Waals surface area (Å²) in [6.07, 6.45) is 2.77. The number of hydrogen-bond acceptors (Lipinski definition) is 5. The number of nitrogens with zero attached hydrogens (tertiary/aromatic N) is 3. The van der Waals surface area contributed by atoms with Crippen LogP contribution in [-0.4, -0.2) is 47.8 Å². The van der Waals surface area contributed by atoms with Crippen LogP contribution in [-0.2, 0) is 9.53 Å². The van der Waals surface area contributed by atoms with Gasteiger partial charge in [0.15, 0.2) is 0 Å². The van der Waals surface area contributed by atoms with Crippen molar-refractivity contribution in [3.8, 4) is 11.4 Å². The fourth-order valence-corrected chi connectivity index (χ4v) is 3.23. The number of aromatic nitrogens is 2. The van der Waals surface area contributed by atoms with E-state index in [9.17, 15) is 4.79 Å². The minimum atomic E-state index is 0.0991. The molecule has 2 aromatic rings. The summed E-state index contributed by atoms with van der Waals surface area (Å²) in [5.41, 5.74) is 1.04. The predicted octanol–water partition coefficient (Wildman–Crippen LogP) is 2.48. The zero-order chi connectivity index (χ0) is 16.6. The van der Waals surface area contributed by atoms with Crippen LogP contribution in [0.5, 0.6) is 0 Å². The Morgan fingerprint density at radius 2 is 2.08 bits per heavy atom. The highest BCUT2D eigenvalue weighted by molar-refractivity contribution is 5.78. The van der Waals surface area contributed by atoms with E-state index >= 15 is 0 Å². The summed E-state index contributed by atoms with van der Waals surface area (Å²) in [6.45, 7) is 2.01. The molecule has 2 heterocycles. The molecule has 1 aromatic heterocycles. The first kappa shape index (κ1) is 15.3. The van der Waals surface area contributed by atoms with Gasteiger partial charge in [-0.2, -0.15) is 4.98 Å². The second kappa shape index (κ2) is 6.02. The van der Waals surface area contributed by atoms with Gasteiger partial charge in [-0.15, -0.1) is 0 Å². The number of benzene rings is 1. The van der Waals surface area contributed by atoms with E-state index in [2.05, 4.69) is 10.1 Å². The van der Waals surface area contributed by atoms with Crippen LogP contribution in [0.15, 0.2) is 34.9 Å². The van der Waals surface area contributed by atoms with E-state index in [0.29, 0.717) is 37.8 Å². The first-order valence-corrected chi connectivity index (χ1v) is 8.35. The molecule has 1 aromatic carbocycles. The van der Waals surface area contributed by atoms with Crippen LogP contribution in [0, 0.1) is 5.41 Å². The van der Waals surface area contributed by atoms with Crippen molar-refractivity contribution >= 4 is 5.91 Å². The van der Waals surface area contributed by atoms with Gasteiger partial charge in [-0.3, -0.25) is 4.79 Å². The normalized spacial score (nSPS) is 19.1. The van der Waals surface area contributed by atoms with Crippen LogP contribution >= 0.6 is 0 Å². The molecule has 24 heavy (non-hydrogen) atoms. The van der Waals surface area contributed by atoms with Crippen molar-refractivity contribution in [1.29, 1.82) is 0 Å². The quantitative estimate of drug-likeness (QED) is 0.815. The summed E-state index contributed by atoms with van der Waals surface area (Å²) >= 11 is 0. The van der Waals surface area contributed by atoms with Crippen molar-refractivity contribution < 1.29 is 14.1 Å². The Labute approximate surface area is 140 Å². The van der Waals surface area contributed by atoms with E-state index in [1.165, 1.54) is 0 Å². The maximum absolute atomic E-state index is 12.4. The number of likely N-dealkylation sites (tertiary alicyclic amines) is 1. The van der Waals surface area contributed by atoms with E-state index in [-0.39, 0.29) is 17.2 Å². The highest BCUT2D eigenvalue weighted by Gasteiger charge is 2.46. The summed E-state index contributed by atoms with van der Waals surface area (Å²) in [5.74, 6) is 1.59. The van der Waals surface area contributed by atoms with Crippen LogP contribution in [0.3, 0.4) is 0 Å². The van der Waals surface area contributed by atoms with Crippen LogP contribution < -0.4 is 0 Å². The largest absolute Gasteiger partial charge is 0.384 e. The zero-order valence-corrected chi connectivity index (χ0v) is 13.8. The average molecular weight is 327 g/mol. The molecule has 1 amide bonds. The van der Waals surface area contributed by atoms with Gasteiger partial charge in [0.2, 0.25) is 17.6 Å². The molecule has 2 aliphatic rings. The van der Waals surface area contributed by atoms with Crippen molar-refractivity contribution in [2.45, 2.75) is 25.2 Å². The van der Waals surface area contributed by atoms with Crippen molar-refractivity contribution in [2.75, 3.05) is 26.8 Å². The van der Waals surface area contributed by atoms with Gasteiger partial charge in [-0.25, -0.2) is 0 Å². The van der Waals surface area contributed by atoms with Gasteiger partial charge in [0, 0.05) is 37.6 Å². The molecule has 1 aliphatic carbocycles. The lowest BCUT2D eigenvalue weighted by molar-refractivity contribution is -0.137. The maximum atomic E-state index is 12.4. The molecule has 1 aliphatic heterocycles. The predicted molar refractivity (Wildman–Crippen MR) is 87.2 cm³/mol. The second-order valence-electron chi connectivity index (χ2n) is 6.93. The van der Waals surface area contributed by atoms with Crippen molar-refractivity contribution in [1.82, 2.24) is 15.0 Å². The molecule has 0 N–H and O–H groups in total. The van der Waals surface area contributed by atoms with Crippen molar-refractivity contribution in [2.24, 2.45) is 5.41 Å². The molecule has 4 rings (SSSR count). The summed E-state index contributed by atoms with van der Waals surface area (Å²) in [4.78, 5) is 18.7. The summed E-state index contributed by atoms with van der Waals surface area (Å²) < 4.78 is 10.6. The smallest absolute Gasteiger partial charge is 0.233 e. The zero-order valence-electron chi connectivity index (χ0n) is 13.8. The fraction of sp³-hybridized carbons (Fsp3) is 0.500. The molecule has 0 spiro atoms. The Morgan fingerprint density at radius 1 is 1.33 bits per heavy atom. The standard InChI is InChI=1S/C18H21N3O3/c1-23-12-18(7-8-18)9-15(22)21-10-14(11-21)17-19-16(20-24-17)13-5-3-2-4-6-13/h2-6,14H,7-12H2,1H3. The molecule has 1 saturated heterocycles. The molecule has 0 bridgehead atoms. The molecule has 0 unspecified atom stereocenters. The van der Waals surface area contributed by atoms with Gasteiger partial charge in [-0.05, 0) is 12.8 Å². The Hall–Kier alpha value is -2.21. The van der Waals surface area contributed by atoms with Crippen LogP contribution in [0.25, 0.3) is 11.4 Å². The molecule has 2 fully saturated rings. The van der Waals surface area contributed by atoms with Gasteiger partial charge >= 0.3 is 0 Å². The van der Waals surface area contributed by atoms with E-state index in [1.807, 2.05) is 35.2 Å². The molecule has 1 saturated carbocycles.